The van der Waals surface area contributed by atoms with Gasteiger partial charge in [0.15, 0.2) is 0 Å². The Morgan fingerprint density at radius 3 is 2.21 bits per heavy atom. The van der Waals surface area contributed by atoms with Crippen LogP contribution in [0.1, 0.15) is 49.4 Å². The summed E-state index contributed by atoms with van der Waals surface area (Å²) >= 11 is 0. The summed E-state index contributed by atoms with van der Waals surface area (Å²) in [6.07, 6.45) is 5.15. The molecule has 0 aliphatic carbocycles. The zero-order chi connectivity index (χ0) is 19.7. The molecule has 150 valence electrons. The smallest absolute Gasteiger partial charge is 0.322 e. The molecule has 3 aliphatic heterocycles. The lowest BCUT2D eigenvalue weighted by Crippen LogP contribution is -2.54. The summed E-state index contributed by atoms with van der Waals surface area (Å²) in [4.78, 5) is 40.7. The minimum absolute atomic E-state index is 0.0319. The first-order valence-electron chi connectivity index (χ1n) is 10.3. The summed E-state index contributed by atoms with van der Waals surface area (Å²) in [7, 11) is 0. The number of anilines is 1. The summed E-state index contributed by atoms with van der Waals surface area (Å²) in [5, 5.41) is 5.08. The lowest BCUT2D eigenvalue weighted by Gasteiger charge is -2.38. The second-order valence-electron chi connectivity index (χ2n) is 8.27. The standard InChI is InChI=1S/C21H28N4O3/c1-21(19(27)22-20(28)23-21)16-9-13-25(14-10-16)18(26)15-5-7-17(8-6-15)24-11-3-2-4-12-24/h5-8,16H,2-4,9-14H2,1H3,(H2,22,23,27,28). The summed E-state index contributed by atoms with van der Waals surface area (Å²) in [6, 6.07) is 7.50. The predicted octanol–water partition coefficient (Wildman–Crippen LogP) is 2.13. The van der Waals surface area contributed by atoms with Gasteiger partial charge in [-0.15, -0.1) is 0 Å². The van der Waals surface area contributed by atoms with E-state index >= 15 is 0 Å². The number of carbonyl (C=O) groups is 3. The summed E-state index contributed by atoms with van der Waals surface area (Å²) < 4.78 is 0. The van der Waals surface area contributed by atoms with E-state index in [0.717, 1.165) is 13.1 Å². The molecule has 4 rings (SSSR count). The van der Waals surface area contributed by atoms with Crippen molar-refractivity contribution in [1.29, 1.82) is 0 Å². The molecule has 2 N–H and O–H groups in total. The van der Waals surface area contributed by atoms with Crippen molar-refractivity contribution in [1.82, 2.24) is 15.5 Å². The fourth-order valence-electron chi connectivity index (χ4n) is 4.65. The van der Waals surface area contributed by atoms with Gasteiger partial charge in [-0.2, -0.15) is 0 Å². The highest BCUT2D eigenvalue weighted by atomic mass is 16.2. The van der Waals surface area contributed by atoms with Crippen molar-refractivity contribution in [3.63, 3.8) is 0 Å². The Morgan fingerprint density at radius 2 is 1.64 bits per heavy atom. The molecule has 3 heterocycles. The summed E-state index contributed by atoms with van der Waals surface area (Å²) in [5.41, 5.74) is 1.02. The minimum atomic E-state index is -0.873. The Bertz CT molecular complexity index is 764. The topological polar surface area (TPSA) is 81.8 Å². The van der Waals surface area contributed by atoms with Crippen LogP contribution in [0.5, 0.6) is 0 Å². The van der Waals surface area contributed by atoms with Crippen LogP contribution in [0.3, 0.4) is 0 Å². The molecule has 1 atom stereocenters. The number of hydrogen-bond donors (Lipinski definition) is 2. The maximum atomic E-state index is 12.9. The molecule has 0 saturated carbocycles. The largest absolute Gasteiger partial charge is 0.372 e. The molecule has 0 radical (unpaired) electrons. The van der Waals surface area contributed by atoms with Gasteiger partial charge >= 0.3 is 6.03 Å². The SMILES string of the molecule is CC1(C2CCN(C(=O)c3ccc(N4CCCCC4)cc3)CC2)NC(=O)NC1=O. The average molecular weight is 384 g/mol. The predicted molar refractivity (Wildman–Crippen MR) is 106 cm³/mol. The van der Waals surface area contributed by atoms with Crippen LogP contribution in [-0.4, -0.2) is 54.5 Å². The van der Waals surface area contributed by atoms with Crippen LogP contribution in [0.25, 0.3) is 0 Å². The highest BCUT2D eigenvalue weighted by Gasteiger charge is 2.48. The van der Waals surface area contributed by atoms with E-state index in [1.807, 2.05) is 29.2 Å². The van der Waals surface area contributed by atoms with E-state index in [1.165, 1.54) is 24.9 Å². The zero-order valence-corrected chi connectivity index (χ0v) is 16.4. The maximum Gasteiger partial charge on any atom is 0.322 e. The molecular weight excluding hydrogens is 356 g/mol. The third kappa shape index (κ3) is 3.45. The van der Waals surface area contributed by atoms with E-state index in [0.29, 0.717) is 31.5 Å². The van der Waals surface area contributed by atoms with Crippen LogP contribution in [0.2, 0.25) is 0 Å². The number of likely N-dealkylation sites (tertiary alicyclic amines) is 1. The Balaban J connectivity index is 1.36. The fourth-order valence-corrected chi connectivity index (χ4v) is 4.65. The Kier molecular flexibility index (Phi) is 5.00. The van der Waals surface area contributed by atoms with E-state index in [4.69, 9.17) is 0 Å². The van der Waals surface area contributed by atoms with Gasteiger partial charge in [0.25, 0.3) is 11.8 Å². The van der Waals surface area contributed by atoms with Crippen LogP contribution in [0.15, 0.2) is 24.3 Å². The number of urea groups is 1. The van der Waals surface area contributed by atoms with Crippen molar-refractivity contribution >= 4 is 23.5 Å². The third-order valence-corrected chi connectivity index (χ3v) is 6.51. The number of carbonyl (C=O) groups excluding carboxylic acids is 3. The molecule has 1 aromatic carbocycles. The third-order valence-electron chi connectivity index (χ3n) is 6.51. The Morgan fingerprint density at radius 1 is 1.00 bits per heavy atom. The summed E-state index contributed by atoms with van der Waals surface area (Å²) in [5.74, 6) is -0.200. The molecule has 0 spiro atoms. The molecule has 7 nitrogen and oxygen atoms in total. The fraction of sp³-hybridized carbons (Fsp3) is 0.571. The quantitative estimate of drug-likeness (QED) is 0.782. The van der Waals surface area contributed by atoms with Gasteiger partial charge in [-0.25, -0.2) is 4.79 Å². The van der Waals surface area contributed by atoms with Gasteiger partial charge in [0.05, 0.1) is 0 Å². The average Bonchev–Trinajstić information content (AvgIpc) is 3.01. The van der Waals surface area contributed by atoms with E-state index in [1.54, 1.807) is 6.92 Å². The lowest BCUT2D eigenvalue weighted by molar-refractivity contribution is -0.125. The van der Waals surface area contributed by atoms with Crippen molar-refractivity contribution in [2.75, 3.05) is 31.1 Å². The molecule has 3 aliphatic rings. The van der Waals surface area contributed by atoms with E-state index in [2.05, 4.69) is 15.5 Å². The van der Waals surface area contributed by atoms with E-state index in [-0.39, 0.29) is 17.7 Å². The van der Waals surface area contributed by atoms with Crippen molar-refractivity contribution in [3.05, 3.63) is 29.8 Å². The molecule has 1 aromatic rings. The van der Waals surface area contributed by atoms with Crippen molar-refractivity contribution < 1.29 is 14.4 Å². The Labute approximate surface area is 165 Å². The first kappa shape index (κ1) is 18.8. The highest BCUT2D eigenvalue weighted by Crippen LogP contribution is 2.31. The number of benzene rings is 1. The van der Waals surface area contributed by atoms with Crippen LogP contribution in [0.4, 0.5) is 10.5 Å². The monoisotopic (exact) mass is 384 g/mol. The molecular formula is C21H28N4O3. The van der Waals surface area contributed by atoms with Crippen molar-refractivity contribution in [2.45, 2.75) is 44.6 Å². The normalized spacial score (nSPS) is 26.2. The van der Waals surface area contributed by atoms with Gasteiger partial charge in [0.2, 0.25) is 0 Å². The number of piperidine rings is 2. The Hall–Kier alpha value is -2.57. The second-order valence-corrected chi connectivity index (χ2v) is 8.27. The van der Waals surface area contributed by atoms with Crippen LogP contribution >= 0.6 is 0 Å². The van der Waals surface area contributed by atoms with E-state index < -0.39 is 11.6 Å². The molecule has 28 heavy (non-hydrogen) atoms. The highest BCUT2D eigenvalue weighted by molar-refractivity contribution is 6.07. The van der Waals surface area contributed by atoms with Crippen LogP contribution < -0.4 is 15.5 Å². The van der Waals surface area contributed by atoms with Crippen molar-refractivity contribution in [3.8, 4) is 0 Å². The van der Waals surface area contributed by atoms with E-state index in [9.17, 15) is 14.4 Å². The lowest BCUT2D eigenvalue weighted by atomic mass is 9.79. The first-order chi connectivity index (χ1) is 13.5. The minimum Gasteiger partial charge on any atom is -0.372 e. The number of rotatable bonds is 3. The molecule has 0 bridgehead atoms. The van der Waals surface area contributed by atoms with Gasteiger partial charge in [-0.05, 0) is 69.2 Å². The molecule has 1 unspecified atom stereocenters. The number of imide groups is 1. The van der Waals surface area contributed by atoms with Gasteiger partial charge in [0, 0.05) is 37.4 Å². The van der Waals surface area contributed by atoms with Gasteiger partial charge in [-0.3, -0.25) is 14.9 Å². The molecule has 3 fully saturated rings. The van der Waals surface area contributed by atoms with Gasteiger partial charge in [-0.1, -0.05) is 0 Å². The molecule has 0 aromatic heterocycles. The number of nitrogens with zero attached hydrogens (tertiary/aromatic N) is 2. The number of hydrogen-bond acceptors (Lipinski definition) is 4. The first-order valence-corrected chi connectivity index (χ1v) is 10.3. The molecule has 3 saturated heterocycles. The number of nitrogens with one attached hydrogen (secondary N) is 2. The summed E-state index contributed by atoms with van der Waals surface area (Å²) in [6.45, 7) is 5.13. The van der Waals surface area contributed by atoms with Gasteiger partial charge in [0.1, 0.15) is 5.54 Å². The van der Waals surface area contributed by atoms with Crippen LogP contribution in [-0.2, 0) is 4.79 Å². The zero-order valence-electron chi connectivity index (χ0n) is 16.4. The molecule has 4 amide bonds. The number of amides is 4. The van der Waals surface area contributed by atoms with Gasteiger partial charge < -0.3 is 15.1 Å². The van der Waals surface area contributed by atoms with Crippen LogP contribution in [0, 0.1) is 5.92 Å². The van der Waals surface area contributed by atoms with Crippen molar-refractivity contribution in [2.24, 2.45) is 5.92 Å². The maximum absolute atomic E-state index is 12.9. The molecule has 7 heteroatoms. The second kappa shape index (κ2) is 7.45.